The van der Waals surface area contributed by atoms with Gasteiger partial charge in [0, 0.05) is 24.4 Å². The summed E-state index contributed by atoms with van der Waals surface area (Å²) in [6, 6.07) is 1.34. The van der Waals surface area contributed by atoms with Gasteiger partial charge in [-0.3, -0.25) is 14.9 Å². The smallest absolute Gasteiger partial charge is 0.276 e. The van der Waals surface area contributed by atoms with Crippen molar-refractivity contribution >= 4 is 11.6 Å². The topological polar surface area (TPSA) is 72.2 Å². The molecule has 1 heterocycles. The maximum atomic E-state index is 13.1. The summed E-state index contributed by atoms with van der Waals surface area (Å²) in [5.74, 6) is -3.16. The van der Waals surface area contributed by atoms with E-state index < -0.39 is 28.2 Å². The van der Waals surface area contributed by atoms with Gasteiger partial charge in [-0.15, -0.1) is 0 Å². The van der Waals surface area contributed by atoms with Crippen molar-refractivity contribution < 1.29 is 18.5 Å². The van der Waals surface area contributed by atoms with Crippen molar-refractivity contribution in [1.29, 1.82) is 0 Å². The molecule has 0 spiro atoms. The van der Waals surface area contributed by atoms with Crippen molar-refractivity contribution in [2.24, 2.45) is 0 Å². The highest BCUT2D eigenvalue weighted by Crippen LogP contribution is 2.32. The minimum absolute atomic E-state index is 0.0475. The Morgan fingerprint density at radius 1 is 1.35 bits per heavy atom. The van der Waals surface area contributed by atoms with Gasteiger partial charge in [-0.05, 0) is 6.07 Å². The molecule has 0 aliphatic carbocycles. The van der Waals surface area contributed by atoms with E-state index in [-0.39, 0.29) is 24.4 Å². The number of halogens is 2. The first-order chi connectivity index (χ1) is 7.99. The number of carbonyl (C=O) groups excluding carboxylic acids is 1. The van der Waals surface area contributed by atoms with E-state index >= 15 is 0 Å². The predicted molar refractivity (Wildman–Crippen MR) is 53.4 cm³/mol. The molecule has 0 bridgehead atoms. The van der Waals surface area contributed by atoms with Crippen LogP contribution in [0.25, 0.3) is 0 Å². The van der Waals surface area contributed by atoms with Crippen molar-refractivity contribution in [2.75, 3.05) is 6.54 Å². The quantitative estimate of drug-likeness (QED) is 0.630. The van der Waals surface area contributed by atoms with Crippen LogP contribution >= 0.6 is 0 Å². The molecule has 5 nitrogen and oxygen atoms in total. The molecule has 1 aromatic carbocycles. The van der Waals surface area contributed by atoms with Crippen LogP contribution in [0.2, 0.25) is 0 Å². The summed E-state index contributed by atoms with van der Waals surface area (Å²) in [6.07, 6.45) is 0.0475. The zero-order valence-electron chi connectivity index (χ0n) is 8.57. The fourth-order valence-electron chi connectivity index (χ4n) is 1.86. The molecule has 7 heteroatoms. The van der Waals surface area contributed by atoms with Crippen molar-refractivity contribution in [3.05, 3.63) is 39.4 Å². The SMILES string of the molecule is O=C1CC(c2cc(F)c(F)cc2[N+](=O)[O-])CN1. The van der Waals surface area contributed by atoms with Crippen LogP contribution in [0.15, 0.2) is 12.1 Å². The van der Waals surface area contributed by atoms with Crippen molar-refractivity contribution in [2.45, 2.75) is 12.3 Å². The molecule has 90 valence electrons. The van der Waals surface area contributed by atoms with Gasteiger partial charge in [-0.25, -0.2) is 8.78 Å². The Labute approximate surface area is 94.6 Å². The second kappa shape index (κ2) is 4.08. The van der Waals surface area contributed by atoms with Crippen LogP contribution in [0.4, 0.5) is 14.5 Å². The van der Waals surface area contributed by atoms with E-state index in [4.69, 9.17) is 0 Å². The van der Waals surface area contributed by atoms with Gasteiger partial charge < -0.3 is 5.32 Å². The molecule has 1 unspecified atom stereocenters. The Hall–Kier alpha value is -2.05. The largest absolute Gasteiger partial charge is 0.355 e. The number of nitro benzene ring substituents is 1. The number of nitro groups is 1. The molecule has 1 atom stereocenters. The van der Waals surface area contributed by atoms with Crippen molar-refractivity contribution in [3.8, 4) is 0 Å². The normalized spacial score (nSPS) is 19.2. The summed E-state index contributed by atoms with van der Waals surface area (Å²) in [5, 5.41) is 13.2. The zero-order valence-corrected chi connectivity index (χ0v) is 8.57. The van der Waals surface area contributed by atoms with Gasteiger partial charge in [0.1, 0.15) is 0 Å². The Bertz CT molecular complexity index is 505. The maximum absolute atomic E-state index is 13.1. The number of nitrogens with zero attached hydrogens (tertiary/aromatic N) is 1. The molecule has 1 N–H and O–H groups in total. The molecule has 1 fully saturated rings. The molecular formula is C10H8F2N2O3. The molecular weight excluding hydrogens is 234 g/mol. The third-order valence-electron chi connectivity index (χ3n) is 2.68. The number of benzene rings is 1. The second-order valence-corrected chi connectivity index (χ2v) is 3.79. The summed E-state index contributed by atoms with van der Waals surface area (Å²) in [6.45, 7) is 0.199. The van der Waals surface area contributed by atoms with E-state index in [2.05, 4.69) is 5.32 Å². The Kier molecular flexibility index (Phi) is 2.74. The van der Waals surface area contributed by atoms with Crippen LogP contribution in [-0.4, -0.2) is 17.4 Å². The lowest BCUT2D eigenvalue weighted by Crippen LogP contribution is -2.14. The minimum Gasteiger partial charge on any atom is -0.355 e. The highest BCUT2D eigenvalue weighted by Gasteiger charge is 2.30. The van der Waals surface area contributed by atoms with Gasteiger partial charge in [0.25, 0.3) is 5.69 Å². The van der Waals surface area contributed by atoms with Gasteiger partial charge >= 0.3 is 0 Å². The first kappa shape index (κ1) is 11.4. The van der Waals surface area contributed by atoms with Crippen LogP contribution in [-0.2, 0) is 4.79 Å². The first-order valence-corrected chi connectivity index (χ1v) is 4.89. The molecule has 0 aromatic heterocycles. The zero-order chi connectivity index (χ0) is 12.6. The molecule has 1 saturated heterocycles. The van der Waals surface area contributed by atoms with E-state index in [9.17, 15) is 23.7 Å². The lowest BCUT2D eigenvalue weighted by Gasteiger charge is -2.08. The lowest BCUT2D eigenvalue weighted by atomic mass is 9.96. The highest BCUT2D eigenvalue weighted by atomic mass is 19.2. The fourth-order valence-corrected chi connectivity index (χ4v) is 1.86. The highest BCUT2D eigenvalue weighted by molar-refractivity contribution is 5.79. The molecule has 0 saturated carbocycles. The average molecular weight is 242 g/mol. The molecule has 1 aromatic rings. The Balaban J connectivity index is 2.47. The van der Waals surface area contributed by atoms with E-state index in [0.29, 0.717) is 6.07 Å². The van der Waals surface area contributed by atoms with Gasteiger partial charge in [-0.1, -0.05) is 0 Å². The van der Waals surface area contributed by atoms with Crippen LogP contribution in [0.1, 0.15) is 17.9 Å². The van der Waals surface area contributed by atoms with E-state index in [1.54, 1.807) is 0 Å². The summed E-state index contributed by atoms with van der Waals surface area (Å²) >= 11 is 0. The second-order valence-electron chi connectivity index (χ2n) is 3.79. The lowest BCUT2D eigenvalue weighted by molar-refractivity contribution is -0.385. The van der Waals surface area contributed by atoms with E-state index in [1.807, 2.05) is 0 Å². The standard InChI is InChI=1S/C10H8F2N2O3/c11-7-2-6(5-1-10(15)13-4-5)9(14(16)17)3-8(7)12/h2-3,5H,1,4H2,(H,13,15). The summed E-state index contributed by atoms with van der Waals surface area (Å²) in [5.41, 5.74) is -0.447. The number of hydrogen-bond donors (Lipinski definition) is 1. The van der Waals surface area contributed by atoms with Gasteiger partial charge in [-0.2, -0.15) is 0 Å². The molecule has 1 aliphatic rings. The van der Waals surface area contributed by atoms with Crippen molar-refractivity contribution in [3.63, 3.8) is 0 Å². The molecule has 1 aliphatic heterocycles. The van der Waals surface area contributed by atoms with Gasteiger partial charge in [0.15, 0.2) is 11.6 Å². The average Bonchev–Trinajstić information content (AvgIpc) is 2.68. The van der Waals surface area contributed by atoms with Crippen molar-refractivity contribution in [1.82, 2.24) is 5.32 Å². The number of hydrogen-bond acceptors (Lipinski definition) is 3. The summed E-state index contributed by atoms with van der Waals surface area (Å²) in [7, 11) is 0. The molecule has 0 radical (unpaired) electrons. The number of nitrogens with one attached hydrogen (secondary N) is 1. The van der Waals surface area contributed by atoms with Crippen LogP contribution in [0.3, 0.4) is 0 Å². The number of rotatable bonds is 2. The van der Waals surface area contributed by atoms with Gasteiger partial charge in [0.2, 0.25) is 5.91 Å². The third kappa shape index (κ3) is 2.08. The molecule has 2 rings (SSSR count). The predicted octanol–water partition coefficient (Wildman–Crippen LogP) is 1.48. The summed E-state index contributed by atoms with van der Waals surface area (Å²) in [4.78, 5) is 21.0. The summed E-state index contributed by atoms with van der Waals surface area (Å²) < 4.78 is 26.0. The number of amides is 1. The third-order valence-corrected chi connectivity index (χ3v) is 2.68. The maximum Gasteiger partial charge on any atom is 0.276 e. The van der Waals surface area contributed by atoms with Crippen LogP contribution < -0.4 is 5.32 Å². The molecule has 1 amide bonds. The van der Waals surface area contributed by atoms with Gasteiger partial charge in [0.05, 0.1) is 11.0 Å². The van der Waals surface area contributed by atoms with E-state index in [1.165, 1.54) is 0 Å². The Morgan fingerprint density at radius 2 is 2.00 bits per heavy atom. The first-order valence-electron chi connectivity index (χ1n) is 4.89. The van der Waals surface area contributed by atoms with Crippen LogP contribution in [0, 0.1) is 21.7 Å². The molecule has 17 heavy (non-hydrogen) atoms. The monoisotopic (exact) mass is 242 g/mol. The minimum atomic E-state index is -1.27. The van der Waals surface area contributed by atoms with Crippen LogP contribution in [0.5, 0.6) is 0 Å². The van der Waals surface area contributed by atoms with E-state index in [0.717, 1.165) is 6.07 Å². The number of carbonyl (C=O) groups is 1. The Morgan fingerprint density at radius 3 is 2.53 bits per heavy atom. The fraction of sp³-hybridized carbons (Fsp3) is 0.300.